The third kappa shape index (κ3) is 3.09. The van der Waals surface area contributed by atoms with Crippen LogP contribution in [0, 0.1) is 5.92 Å². The topological polar surface area (TPSA) is 52.6 Å². The molecule has 2 heterocycles. The van der Waals surface area contributed by atoms with Crippen LogP contribution in [0.15, 0.2) is 22.7 Å². The first-order valence-corrected chi connectivity index (χ1v) is 8.35. The molecule has 0 saturated carbocycles. The Morgan fingerprint density at radius 3 is 2.95 bits per heavy atom. The van der Waals surface area contributed by atoms with E-state index in [0.29, 0.717) is 18.4 Å². The molecule has 3 unspecified atom stereocenters. The lowest BCUT2D eigenvalue weighted by molar-refractivity contribution is -0.124. The number of piperidine rings is 2. The highest BCUT2D eigenvalue weighted by atomic mass is 79.9. The van der Waals surface area contributed by atoms with Crippen molar-refractivity contribution < 1.29 is 9.90 Å². The van der Waals surface area contributed by atoms with Gasteiger partial charge in [0.15, 0.2) is 0 Å². The SMILES string of the molecule is CC(O)c1ccc(N2CCC3NC(=O)CCC3C2)cc1Br. The van der Waals surface area contributed by atoms with Gasteiger partial charge in [0.2, 0.25) is 5.91 Å². The number of fused-ring (bicyclic) bond motifs is 1. The number of halogens is 1. The fraction of sp³-hybridized carbons (Fsp3) is 0.562. The Bertz CT molecular complexity index is 547. The van der Waals surface area contributed by atoms with Gasteiger partial charge in [-0.05, 0) is 43.4 Å². The predicted octanol–water partition coefficient (Wildman–Crippen LogP) is 2.61. The Hall–Kier alpha value is -1.07. The van der Waals surface area contributed by atoms with Gasteiger partial charge in [0.25, 0.3) is 0 Å². The first kappa shape index (κ1) is 14.9. The van der Waals surface area contributed by atoms with Crippen LogP contribution in [0.3, 0.4) is 0 Å². The van der Waals surface area contributed by atoms with Gasteiger partial charge in [-0.15, -0.1) is 0 Å². The highest BCUT2D eigenvalue weighted by molar-refractivity contribution is 9.10. The minimum absolute atomic E-state index is 0.203. The molecule has 0 spiro atoms. The Morgan fingerprint density at radius 1 is 1.43 bits per heavy atom. The van der Waals surface area contributed by atoms with Crippen LogP contribution in [-0.4, -0.2) is 30.1 Å². The number of amides is 1. The fourth-order valence-electron chi connectivity index (χ4n) is 3.40. The average molecular weight is 353 g/mol. The molecule has 1 aromatic rings. The maximum atomic E-state index is 11.5. The third-order valence-corrected chi connectivity index (χ3v) is 5.31. The van der Waals surface area contributed by atoms with Crippen molar-refractivity contribution in [3.8, 4) is 0 Å². The molecule has 5 heteroatoms. The van der Waals surface area contributed by atoms with Crippen LogP contribution in [-0.2, 0) is 4.79 Å². The Kier molecular flexibility index (Phi) is 4.22. The summed E-state index contributed by atoms with van der Waals surface area (Å²) in [5, 5.41) is 12.8. The van der Waals surface area contributed by atoms with E-state index in [4.69, 9.17) is 0 Å². The normalized spacial score (nSPS) is 27.0. The molecule has 0 aliphatic carbocycles. The van der Waals surface area contributed by atoms with E-state index in [1.807, 2.05) is 6.07 Å². The zero-order valence-electron chi connectivity index (χ0n) is 12.2. The van der Waals surface area contributed by atoms with Crippen molar-refractivity contribution in [2.45, 2.75) is 38.3 Å². The number of anilines is 1. The summed E-state index contributed by atoms with van der Waals surface area (Å²) in [6.45, 7) is 3.73. The number of aliphatic hydroxyl groups is 1. The molecule has 2 N–H and O–H groups in total. The average Bonchev–Trinajstić information content (AvgIpc) is 2.46. The van der Waals surface area contributed by atoms with Crippen LogP contribution < -0.4 is 10.2 Å². The molecule has 0 bridgehead atoms. The van der Waals surface area contributed by atoms with Crippen molar-refractivity contribution >= 4 is 27.5 Å². The summed E-state index contributed by atoms with van der Waals surface area (Å²) in [5.74, 6) is 0.750. The van der Waals surface area contributed by atoms with E-state index >= 15 is 0 Å². The van der Waals surface area contributed by atoms with Crippen molar-refractivity contribution in [3.63, 3.8) is 0 Å². The summed E-state index contributed by atoms with van der Waals surface area (Å²) in [5.41, 5.74) is 2.10. The minimum Gasteiger partial charge on any atom is -0.389 e. The first-order valence-electron chi connectivity index (χ1n) is 7.56. The van der Waals surface area contributed by atoms with Crippen molar-refractivity contribution in [1.82, 2.24) is 5.32 Å². The quantitative estimate of drug-likeness (QED) is 0.860. The zero-order chi connectivity index (χ0) is 15.0. The molecule has 3 atom stereocenters. The van der Waals surface area contributed by atoms with Gasteiger partial charge < -0.3 is 15.3 Å². The van der Waals surface area contributed by atoms with E-state index in [1.54, 1.807) is 6.92 Å². The summed E-state index contributed by atoms with van der Waals surface area (Å²) < 4.78 is 0.953. The molecule has 2 aliphatic heterocycles. The van der Waals surface area contributed by atoms with Crippen molar-refractivity contribution in [3.05, 3.63) is 28.2 Å². The lowest BCUT2D eigenvalue weighted by atomic mass is 9.85. The van der Waals surface area contributed by atoms with Crippen LogP contribution in [0.1, 0.15) is 37.9 Å². The van der Waals surface area contributed by atoms with E-state index in [1.165, 1.54) is 5.69 Å². The summed E-state index contributed by atoms with van der Waals surface area (Å²) in [6.07, 6.45) is 2.18. The zero-order valence-corrected chi connectivity index (χ0v) is 13.8. The summed E-state index contributed by atoms with van der Waals surface area (Å²) >= 11 is 3.55. The molecule has 3 rings (SSSR count). The van der Waals surface area contributed by atoms with E-state index < -0.39 is 6.10 Å². The van der Waals surface area contributed by atoms with Gasteiger partial charge in [-0.2, -0.15) is 0 Å². The van der Waals surface area contributed by atoms with Crippen LogP contribution >= 0.6 is 15.9 Å². The summed E-state index contributed by atoms with van der Waals surface area (Å²) in [6, 6.07) is 6.50. The maximum Gasteiger partial charge on any atom is 0.220 e. The number of aliphatic hydroxyl groups excluding tert-OH is 1. The number of benzene rings is 1. The van der Waals surface area contributed by atoms with Crippen LogP contribution in [0.5, 0.6) is 0 Å². The fourth-order valence-corrected chi connectivity index (χ4v) is 4.09. The molecular formula is C16H21BrN2O2. The molecule has 2 fully saturated rings. The van der Waals surface area contributed by atoms with Gasteiger partial charge in [0, 0.05) is 35.7 Å². The van der Waals surface area contributed by atoms with Gasteiger partial charge >= 0.3 is 0 Å². The van der Waals surface area contributed by atoms with E-state index in [2.05, 4.69) is 38.3 Å². The molecular weight excluding hydrogens is 332 g/mol. The predicted molar refractivity (Wildman–Crippen MR) is 86.3 cm³/mol. The first-order chi connectivity index (χ1) is 10.0. The molecule has 2 aliphatic rings. The number of carbonyl (C=O) groups is 1. The van der Waals surface area contributed by atoms with Gasteiger partial charge in [0.1, 0.15) is 0 Å². The summed E-state index contributed by atoms with van der Waals surface area (Å²) in [4.78, 5) is 13.8. The second-order valence-electron chi connectivity index (χ2n) is 6.09. The van der Waals surface area contributed by atoms with Crippen LogP contribution in [0.2, 0.25) is 0 Å². The third-order valence-electron chi connectivity index (χ3n) is 4.62. The van der Waals surface area contributed by atoms with Gasteiger partial charge in [-0.25, -0.2) is 0 Å². The lowest BCUT2D eigenvalue weighted by Gasteiger charge is -2.42. The molecule has 1 amide bonds. The number of hydrogen-bond acceptors (Lipinski definition) is 3. The highest BCUT2D eigenvalue weighted by Crippen LogP contribution is 2.32. The largest absolute Gasteiger partial charge is 0.389 e. The molecule has 0 aromatic heterocycles. The number of hydrogen-bond donors (Lipinski definition) is 2. The van der Waals surface area contributed by atoms with Crippen molar-refractivity contribution in [2.24, 2.45) is 5.92 Å². The highest BCUT2D eigenvalue weighted by Gasteiger charge is 2.33. The Morgan fingerprint density at radius 2 is 2.24 bits per heavy atom. The second-order valence-corrected chi connectivity index (χ2v) is 6.94. The molecule has 114 valence electrons. The standard InChI is InChI=1S/C16H21BrN2O2/c1-10(20)13-4-3-12(8-14(13)17)19-7-6-15-11(9-19)2-5-16(21)18-15/h3-4,8,10-11,15,20H,2,5-7,9H2,1H3,(H,18,21). The van der Waals surface area contributed by atoms with E-state index in [0.717, 1.165) is 36.0 Å². The van der Waals surface area contributed by atoms with Gasteiger partial charge in [-0.3, -0.25) is 4.79 Å². The summed E-state index contributed by atoms with van der Waals surface area (Å²) in [7, 11) is 0. The molecule has 2 saturated heterocycles. The van der Waals surface area contributed by atoms with Crippen molar-refractivity contribution in [1.29, 1.82) is 0 Å². The van der Waals surface area contributed by atoms with Gasteiger partial charge in [0.05, 0.1) is 6.10 Å². The number of rotatable bonds is 2. The lowest BCUT2D eigenvalue weighted by Crippen LogP contribution is -2.54. The molecule has 4 nitrogen and oxygen atoms in total. The molecule has 1 aromatic carbocycles. The number of nitrogens with zero attached hydrogens (tertiary/aromatic N) is 1. The minimum atomic E-state index is -0.465. The van der Waals surface area contributed by atoms with Gasteiger partial charge in [-0.1, -0.05) is 22.0 Å². The Balaban J connectivity index is 1.73. The molecule has 21 heavy (non-hydrogen) atoms. The smallest absolute Gasteiger partial charge is 0.220 e. The van der Waals surface area contributed by atoms with Crippen LogP contribution in [0.4, 0.5) is 5.69 Å². The van der Waals surface area contributed by atoms with Crippen LogP contribution in [0.25, 0.3) is 0 Å². The maximum absolute atomic E-state index is 11.5. The number of nitrogens with one attached hydrogen (secondary N) is 1. The molecule has 0 radical (unpaired) electrons. The van der Waals surface area contributed by atoms with E-state index in [-0.39, 0.29) is 5.91 Å². The monoisotopic (exact) mass is 352 g/mol. The van der Waals surface area contributed by atoms with Crippen molar-refractivity contribution in [2.75, 3.05) is 18.0 Å². The Labute approximate surface area is 133 Å². The second kappa shape index (κ2) is 5.97. The van der Waals surface area contributed by atoms with E-state index in [9.17, 15) is 9.90 Å². The number of carbonyl (C=O) groups excluding carboxylic acids is 1.